The van der Waals surface area contributed by atoms with Gasteiger partial charge in [-0.3, -0.25) is 4.79 Å². The molecule has 1 aliphatic heterocycles. The molecular weight excluding hydrogens is 242 g/mol. The Morgan fingerprint density at radius 2 is 2.26 bits per heavy atom. The van der Waals surface area contributed by atoms with Gasteiger partial charge in [0.05, 0.1) is 5.39 Å². The van der Waals surface area contributed by atoms with Crippen LogP contribution in [-0.2, 0) is 11.3 Å². The maximum atomic E-state index is 11.3. The first-order valence-electron chi connectivity index (χ1n) is 6.43. The lowest BCUT2D eigenvalue weighted by atomic mass is 10.2. The van der Waals surface area contributed by atoms with Gasteiger partial charge in [-0.25, -0.2) is 9.97 Å². The Hall–Kier alpha value is -2.11. The number of rotatable bonds is 2. The standard InChI is InChI=1S/C13H17N5O/c1-7-8(2)18(5-9-3-4-10(19)17-9)13-11(7)12(14)15-6-16-13/h6,9H,3-5H2,1-2H3,(H,17,19)(H2,14,15,16). The van der Waals surface area contributed by atoms with Gasteiger partial charge in [-0.15, -0.1) is 0 Å². The largest absolute Gasteiger partial charge is 0.383 e. The lowest BCUT2D eigenvalue weighted by Gasteiger charge is -2.13. The van der Waals surface area contributed by atoms with Crippen LogP contribution >= 0.6 is 0 Å². The molecule has 0 aromatic carbocycles. The van der Waals surface area contributed by atoms with Crippen molar-refractivity contribution < 1.29 is 4.79 Å². The van der Waals surface area contributed by atoms with Crippen LogP contribution in [0, 0.1) is 13.8 Å². The molecule has 3 rings (SSSR count). The molecule has 1 aliphatic rings. The second kappa shape index (κ2) is 4.22. The van der Waals surface area contributed by atoms with Crippen LogP contribution in [0.25, 0.3) is 11.0 Å². The van der Waals surface area contributed by atoms with Crippen LogP contribution in [0.5, 0.6) is 0 Å². The van der Waals surface area contributed by atoms with E-state index in [-0.39, 0.29) is 11.9 Å². The van der Waals surface area contributed by atoms with Crippen LogP contribution in [0.2, 0.25) is 0 Å². The van der Waals surface area contributed by atoms with Crippen molar-refractivity contribution in [2.24, 2.45) is 0 Å². The van der Waals surface area contributed by atoms with Gasteiger partial charge < -0.3 is 15.6 Å². The predicted octanol–water partition coefficient (Wildman–Crippen LogP) is 0.909. The molecule has 2 aromatic heterocycles. The summed E-state index contributed by atoms with van der Waals surface area (Å²) in [6, 6.07) is 0.178. The molecule has 1 fully saturated rings. The number of aromatic nitrogens is 3. The van der Waals surface area contributed by atoms with E-state index >= 15 is 0 Å². The van der Waals surface area contributed by atoms with Gasteiger partial charge in [0.2, 0.25) is 5.91 Å². The van der Waals surface area contributed by atoms with Crippen molar-refractivity contribution in [1.82, 2.24) is 19.9 Å². The van der Waals surface area contributed by atoms with Gasteiger partial charge in [-0.1, -0.05) is 0 Å². The van der Waals surface area contributed by atoms with E-state index in [0.29, 0.717) is 12.2 Å². The number of aryl methyl sites for hydroxylation is 1. The molecule has 0 aliphatic carbocycles. The number of amides is 1. The molecule has 2 aromatic rings. The van der Waals surface area contributed by atoms with Gasteiger partial charge in [-0.05, 0) is 25.8 Å². The lowest BCUT2D eigenvalue weighted by Crippen LogP contribution is -2.30. The van der Waals surface area contributed by atoms with Crippen molar-refractivity contribution >= 4 is 22.8 Å². The predicted molar refractivity (Wildman–Crippen MR) is 72.6 cm³/mol. The van der Waals surface area contributed by atoms with Crippen LogP contribution in [-0.4, -0.2) is 26.5 Å². The molecule has 6 heteroatoms. The minimum atomic E-state index is 0.130. The van der Waals surface area contributed by atoms with Crippen LogP contribution in [0.3, 0.4) is 0 Å². The number of carbonyl (C=O) groups excluding carboxylic acids is 1. The molecular formula is C13H17N5O. The van der Waals surface area contributed by atoms with Gasteiger partial charge in [-0.2, -0.15) is 0 Å². The average Bonchev–Trinajstić information content (AvgIpc) is 2.88. The average molecular weight is 259 g/mol. The fourth-order valence-corrected chi connectivity index (χ4v) is 2.75. The highest BCUT2D eigenvalue weighted by Gasteiger charge is 2.23. The van der Waals surface area contributed by atoms with E-state index in [1.807, 2.05) is 13.8 Å². The van der Waals surface area contributed by atoms with Crippen molar-refractivity contribution in [3.63, 3.8) is 0 Å². The second-order valence-electron chi connectivity index (χ2n) is 5.08. The highest BCUT2D eigenvalue weighted by atomic mass is 16.1. The summed E-state index contributed by atoms with van der Waals surface area (Å²) in [5.41, 5.74) is 9.02. The first-order chi connectivity index (χ1) is 9.08. The molecule has 1 unspecified atom stereocenters. The smallest absolute Gasteiger partial charge is 0.220 e. The maximum absolute atomic E-state index is 11.3. The first kappa shape index (κ1) is 12.0. The summed E-state index contributed by atoms with van der Waals surface area (Å²) in [5, 5.41) is 3.90. The first-order valence-corrected chi connectivity index (χ1v) is 6.43. The Morgan fingerprint density at radius 1 is 1.47 bits per heavy atom. The molecule has 19 heavy (non-hydrogen) atoms. The van der Waals surface area contributed by atoms with Crippen molar-refractivity contribution in [3.8, 4) is 0 Å². The SMILES string of the molecule is Cc1c(C)n(CC2CCC(=O)N2)c2ncnc(N)c12. The summed E-state index contributed by atoms with van der Waals surface area (Å²) in [5.74, 6) is 0.643. The van der Waals surface area contributed by atoms with Crippen molar-refractivity contribution in [3.05, 3.63) is 17.6 Å². The highest BCUT2D eigenvalue weighted by Crippen LogP contribution is 2.27. The molecule has 3 heterocycles. The second-order valence-corrected chi connectivity index (χ2v) is 5.08. The van der Waals surface area contributed by atoms with E-state index in [0.717, 1.165) is 35.3 Å². The number of hydrogen-bond donors (Lipinski definition) is 2. The Bertz CT molecular complexity index is 661. The number of nitrogens with one attached hydrogen (secondary N) is 1. The van der Waals surface area contributed by atoms with Crippen LogP contribution < -0.4 is 11.1 Å². The summed E-state index contributed by atoms with van der Waals surface area (Å²) in [6.07, 6.45) is 2.97. The van der Waals surface area contributed by atoms with Crippen LogP contribution in [0.1, 0.15) is 24.1 Å². The van der Waals surface area contributed by atoms with E-state index < -0.39 is 0 Å². The summed E-state index contributed by atoms with van der Waals surface area (Å²) < 4.78 is 2.12. The minimum absolute atomic E-state index is 0.130. The number of nitrogens with two attached hydrogens (primary N) is 1. The highest BCUT2D eigenvalue weighted by molar-refractivity contribution is 5.90. The molecule has 0 radical (unpaired) electrons. The Morgan fingerprint density at radius 3 is 2.95 bits per heavy atom. The van der Waals surface area contributed by atoms with Crippen LogP contribution in [0.4, 0.5) is 5.82 Å². The topological polar surface area (TPSA) is 85.8 Å². The minimum Gasteiger partial charge on any atom is -0.383 e. The normalized spacial score (nSPS) is 19.1. The molecule has 100 valence electrons. The Kier molecular flexibility index (Phi) is 2.66. The number of nitrogen functional groups attached to an aromatic ring is 1. The third-order valence-corrected chi connectivity index (χ3v) is 3.92. The van der Waals surface area contributed by atoms with E-state index in [2.05, 4.69) is 19.9 Å². The monoisotopic (exact) mass is 259 g/mol. The zero-order valence-electron chi connectivity index (χ0n) is 11.1. The van der Waals surface area contributed by atoms with E-state index in [4.69, 9.17) is 5.73 Å². The number of nitrogens with zero attached hydrogens (tertiary/aromatic N) is 3. The van der Waals surface area contributed by atoms with E-state index in [1.54, 1.807) is 0 Å². The Balaban J connectivity index is 2.06. The zero-order chi connectivity index (χ0) is 13.6. The summed E-state index contributed by atoms with van der Waals surface area (Å²) in [7, 11) is 0. The summed E-state index contributed by atoms with van der Waals surface area (Å²) >= 11 is 0. The fourth-order valence-electron chi connectivity index (χ4n) is 2.75. The lowest BCUT2D eigenvalue weighted by molar-refractivity contribution is -0.119. The van der Waals surface area contributed by atoms with E-state index in [9.17, 15) is 4.79 Å². The molecule has 6 nitrogen and oxygen atoms in total. The van der Waals surface area contributed by atoms with Gasteiger partial charge in [0.25, 0.3) is 0 Å². The molecule has 1 amide bonds. The maximum Gasteiger partial charge on any atom is 0.220 e. The van der Waals surface area contributed by atoms with Crippen molar-refractivity contribution in [1.29, 1.82) is 0 Å². The van der Waals surface area contributed by atoms with Gasteiger partial charge in [0, 0.05) is 24.7 Å². The zero-order valence-corrected chi connectivity index (χ0v) is 11.1. The van der Waals surface area contributed by atoms with Crippen molar-refractivity contribution in [2.75, 3.05) is 5.73 Å². The molecule has 3 N–H and O–H groups in total. The number of anilines is 1. The molecule has 1 saturated heterocycles. The van der Waals surface area contributed by atoms with Gasteiger partial charge >= 0.3 is 0 Å². The quantitative estimate of drug-likeness (QED) is 0.839. The molecule has 1 atom stereocenters. The Labute approximate surface area is 111 Å². The third-order valence-electron chi connectivity index (χ3n) is 3.92. The van der Waals surface area contributed by atoms with Crippen LogP contribution in [0.15, 0.2) is 6.33 Å². The summed E-state index contributed by atoms with van der Waals surface area (Å²) in [6.45, 7) is 4.81. The van der Waals surface area contributed by atoms with Gasteiger partial charge in [0.1, 0.15) is 17.8 Å². The number of hydrogen-bond acceptors (Lipinski definition) is 4. The molecule has 0 saturated carbocycles. The fraction of sp³-hybridized carbons (Fsp3) is 0.462. The van der Waals surface area contributed by atoms with E-state index in [1.165, 1.54) is 6.33 Å². The number of carbonyl (C=O) groups is 1. The number of fused-ring (bicyclic) bond motifs is 1. The van der Waals surface area contributed by atoms with Gasteiger partial charge in [0.15, 0.2) is 0 Å². The molecule has 0 spiro atoms. The third kappa shape index (κ3) is 1.83. The summed E-state index contributed by atoms with van der Waals surface area (Å²) in [4.78, 5) is 19.7. The van der Waals surface area contributed by atoms with Crippen molar-refractivity contribution in [2.45, 2.75) is 39.3 Å². The molecule has 0 bridgehead atoms.